The van der Waals surface area contributed by atoms with Crippen molar-refractivity contribution in [1.82, 2.24) is 9.55 Å². The number of aliphatic hydroxyl groups is 1. The van der Waals surface area contributed by atoms with Crippen molar-refractivity contribution >= 4 is 27.5 Å². The fourth-order valence-electron chi connectivity index (χ4n) is 4.78. The fourth-order valence-corrected chi connectivity index (χ4v) is 5.18. The van der Waals surface area contributed by atoms with Crippen molar-refractivity contribution in [2.75, 3.05) is 11.9 Å². The molecule has 0 fully saturated rings. The van der Waals surface area contributed by atoms with Crippen molar-refractivity contribution in [2.24, 2.45) is 7.05 Å². The molecule has 2 unspecified atom stereocenters. The predicted molar refractivity (Wildman–Crippen MR) is 132 cm³/mol. The molecule has 3 aromatic carbocycles. The van der Waals surface area contributed by atoms with E-state index in [-0.39, 0.29) is 11.8 Å². The summed E-state index contributed by atoms with van der Waals surface area (Å²) < 4.78 is 2.72. The van der Waals surface area contributed by atoms with Gasteiger partial charge in [-0.3, -0.25) is 4.79 Å². The van der Waals surface area contributed by atoms with Crippen molar-refractivity contribution in [3.8, 4) is 0 Å². The first-order chi connectivity index (χ1) is 15.9. The molecule has 33 heavy (non-hydrogen) atoms. The Morgan fingerprint density at radius 1 is 1.00 bits per heavy atom. The number of nitrogens with zero attached hydrogens (tertiary/aromatic N) is 3. The molecule has 1 amide bonds. The number of aromatic nitrogens is 2. The van der Waals surface area contributed by atoms with Gasteiger partial charge >= 0.3 is 0 Å². The summed E-state index contributed by atoms with van der Waals surface area (Å²) in [5.74, 6) is 0.00105. The van der Waals surface area contributed by atoms with E-state index in [2.05, 4.69) is 33.0 Å². The van der Waals surface area contributed by atoms with Crippen LogP contribution in [-0.4, -0.2) is 27.6 Å². The number of fused-ring (bicyclic) bond motifs is 1. The van der Waals surface area contributed by atoms with E-state index in [4.69, 9.17) is 0 Å². The highest BCUT2D eigenvalue weighted by Gasteiger charge is 2.39. The zero-order valence-electron chi connectivity index (χ0n) is 18.4. The molecule has 166 valence electrons. The van der Waals surface area contributed by atoms with Gasteiger partial charge in [0.15, 0.2) is 5.60 Å². The second kappa shape index (κ2) is 8.28. The van der Waals surface area contributed by atoms with Gasteiger partial charge in [-0.1, -0.05) is 64.5 Å². The van der Waals surface area contributed by atoms with E-state index in [1.54, 1.807) is 17.4 Å². The minimum absolute atomic E-state index is 0.0804. The summed E-state index contributed by atoms with van der Waals surface area (Å²) in [5, 5.41) is 12.3. The highest BCUT2D eigenvalue weighted by Crippen LogP contribution is 2.44. The smallest absolute Gasteiger partial charge is 0.227 e. The summed E-state index contributed by atoms with van der Waals surface area (Å²) in [7, 11) is 3.69. The molecule has 0 saturated carbocycles. The number of aryl methyl sites for hydroxylation is 1. The van der Waals surface area contributed by atoms with Crippen molar-refractivity contribution < 1.29 is 9.90 Å². The number of anilines is 1. The van der Waals surface area contributed by atoms with E-state index >= 15 is 0 Å². The maximum Gasteiger partial charge on any atom is 0.227 e. The Morgan fingerprint density at radius 2 is 1.76 bits per heavy atom. The van der Waals surface area contributed by atoms with Gasteiger partial charge in [-0.05, 0) is 46.5 Å². The van der Waals surface area contributed by atoms with Gasteiger partial charge in [-0.2, -0.15) is 0 Å². The summed E-state index contributed by atoms with van der Waals surface area (Å²) in [5.41, 5.74) is 3.68. The second-order valence-electron chi connectivity index (χ2n) is 8.50. The molecule has 5 rings (SSSR count). The molecule has 0 aliphatic carbocycles. The molecular weight excluding hydrogens is 478 g/mol. The van der Waals surface area contributed by atoms with Gasteiger partial charge in [-0.15, -0.1) is 0 Å². The Labute approximate surface area is 201 Å². The number of hydrogen-bond donors (Lipinski definition) is 1. The number of rotatable bonds is 4. The molecule has 0 saturated heterocycles. The van der Waals surface area contributed by atoms with Crippen LogP contribution in [0.5, 0.6) is 0 Å². The first-order valence-corrected chi connectivity index (χ1v) is 11.6. The number of amides is 1. The lowest BCUT2D eigenvalue weighted by Gasteiger charge is -2.35. The molecule has 4 aromatic rings. The summed E-state index contributed by atoms with van der Waals surface area (Å²) in [4.78, 5) is 18.8. The van der Waals surface area contributed by atoms with E-state index in [0.29, 0.717) is 12.1 Å². The Hall–Kier alpha value is -3.22. The van der Waals surface area contributed by atoms with E-state index in [0.717, 1.165) is 32.4 Å². The van der Waals surface area contributed by atoms with Crippen LogP contribution in [0.15, 0.2) is 89.8 Å². The van der Waals surface area contributed by atoms with Crippen LogP contribution < -0.4 is 4.90 Å². The molecule has 1 N–H and O–H groups in total. The lowest BCUT2D eigenvalue weighted by molar-refractivity contribution is -0.118. The highest BCUT2D eigenvalue weighted by atomic mass is 79.9. The maximum atomic E-state index is 12.8. The molecule has 1 aliphatic rings. The van der Waals surface area contributed by atoms with Crippen LogP contribution in [0.3, 0.4) is 0 Å². The molecule has 5 nitrogen and oxygen atoms in total. The van der Waals surface area contributed by atoms with Crippen LogP contribution in [0.2, 0.25) is 0 Å². The Balaban J connectivity index is 1.75. The minimum Gasteiger partial charge on any atom is -0.374 e. The van der Waals surface area contributed by atoms with Crippen LogP contribution >= 0.6 is 15.9 Å². The van der Waals surface area contributed by atoms with E-state index < -0.39 is 5.60 Å². The summed E-state index contributed by atoms with van der Waals surface area (Å²) >= 11 is 3.55. The van der Waals surface area contributed by atoms with Gasteiger partial charge in [0.05, 0.1) is 18.2 Å². The maximum absolute atomic E-state index is 12.8. The lowest BCUT2D eigenvalue weighted by atomic mass is 9.78. The third-order valence-corrected chi connectivity index (χ3v) is 7.06. The van der Waals surface area contributed by atoms with Gasteiger partial charge in [0, 0.05) is 36.6 Å². The van der Waals surface area contributed by atoms with E-state index in [9.17, 15) is 9.90 Å². The van der Waals surface area contributed by atoms with Crippen LogP contribution in [-0.2, 0) is 17.4 Å². The molecule has 0 spiro atoms. The Morgan fingerprint density at radius 3 is 2.45 bits per heavy atom. The highest BCUT2D eigenvalue weighted by molar-refractivity contribution is 9.10. The first kappa shape index (κ1) is 21.6. The third kappa shape index (κ3) is 3.59. The van der Waals surface area contributed by atoms with Crippen molar-refractivity contribution in [2.45, 2.75) is 17.9 Å². The molecule has 1 aromatic heterocycles. The average Bonchev–Trinajstić information content (AvgIpc) is 3.27. The SMILES string of the molecule is CN1C(=O)CC(c2ccccc2)c2cc(C(O)(c3cccc(Br)c3)c3cncn3C)ccc21. The molecule has 2 heterocycles. The number of halogens is 1. The van der Waals surface area contributed by atoms with Crippen molar-refractivity contribution in [3.05, 3.63) is 118 Å². The largest absolute Gasteiger partial charge is 0.374 e. The van der Waals surface area contributed by atoms with Crippen LogP contribution in [0.4, 0.5) is 5.69 Å². The van der Waals surface area contributed by atoms with Crippen LogP contribution in [0.1, 0.15) is 40.3 Å². The van der Waals surface area contributed by atoms with Crippen LogP contribution in [0.25, 0.3) is 0 Å². The van der Waals surface area contributed by atoms with Gasteiger partial charge < -0.3 is 14.6 Å². The number of carbonyl (C=O) groups is 1. The predicted octanol–water partition coefficient (Wildman–Crippen LogP) is 4.97. The van der Waals surface area contributed by atoms with Gasteiger partial charge in [-0.25, -0.2) is 4.98 Å². The van der Waals surface area contributed by atoms with Crippen molar-refractivity contribution in [3.63, 3.8) is 0 Å². The van der Waals surface area contributed by atoms with Gasteiger partial charge in [0.2, 0.25) is 5.91 Å². The normalized spacial score (nSPS) is 17.5. The molecule has 6 heteroatoms. The molecule has 2 atom stereocenters. The zero-order chi connectivity index (χ0) is 23.2. The summed E-state index contributed by atoms with van der Waals surface area (Å²) in [6.45, 7) is 0. The standard InChI is InChI=1S/C27H24BrN3O2/c1-30-17-29-16-25(30)27(33,19-9-6-10-21(28)13-19)20-11-12-24-23(14-20)22(15-26(32)31(24)2)18-7-4-3-5-8-18/h3-14,16-17,22,33H,15H2,1-2H3. The number of carbonyl (C=O) groups excluding carboxylic acids is 1. The van der Waals surface area contributed by atoms with E-state index in [1.807, 2.05) is 79.3 Å². The zero-order valence-corrected chi connectivity index (χ0v) is 20.0. The topological polar surface area (TPSA) is 58.4 Å². The quantitative estimate of drug-likeness (QED) is 0.429. The minimum atomic E-state index is -1.43. The monoisotopic (exact) mass is 501 g/mol. The third-order valence-electron chi connectivity index (χ3n) is 6.57. The molecular formula is C27H24BrN3O2. The molecule has 1 aliphatic heterocycles. The van der Waals surface area contributed by atoms with Crippen LogP contribution in [0, 0.1) is 0 Å². The lowest BCUT2D eigenvalue weighted by Crippen LogP contribution is -2.35. The fraction of sp³-hybridized carbons (Fsp3) is 0.185. The average molecular weight is 502 g/mol. The number of benzene rings is 3. The second-order valence-corrected chi connectivity index (χ2v) is 9.42. The molecule has 0 radical (unpaired) electrons. The first-order valence-electron chi connectivity index (χ1n) is 10.8. The number of imidazole rings is 1. The molecule has 0 bridgehead atoms. The Bertz CT molecular complexity index is 1330. The summed E-state index contributed by atoms with van der Waals surface area (Å²) in [6, 6.07) is 23.7. The van der Waals surface area contributed by atoms with Gasteiger partial charge in [0.1, 0.15) is 0 Å². The Kier molecular flexibility index (Phi) is 5.43. The van der Waals surface area contributed by atoms with E-state index in [1.165, 1.54) is 0 Å². The number of hydrogen-bond acceptors (Lipinski definition) is 3. The summed E-state index contributed by atoms with van der Waals surface area (Å²) in [6.07, 6.45) is 3.78. The van der Waals surface area contributed by atoms with Gasteiger partial charge in [0.25, 0.3) is 0 Å². The van der Waals surface area contributed by atoms with Crippen molar-refractivity contribution in [1.29, 1.82) is 0 Å².